The average Bonchev–Trinajstić information content (AvgIpc) is 2.52. The molecule has 1 amide bonds. The summed E-state index contributed by atoms with van der Waals surface area (Å²) in [4.78, 5) is 12.4. The van der Waals surface area contributed by atoms with Gasteiger partial charge in [-0.15, -0.1) is 0 Å². The minimum absolute atomic E-state index is 0.0448. The van der Waals surface area contributed by atoms with Crippen LogP contribution in [0, 0.1) is 11.8 Å². The maximum Gasteiger partial charge on any atom is 0.241 e. The first kappa shape index (κ1) is 18.1. The summed E-state index contributed by atoms with van der Waals surface area (Å²) in [6.45, 7) is 6.48. The Balaban J connectivity index is 1.93. The molecule has 1 aromatic carbocycles. The second kappa shape index (κ2) is 8.02. The van der Waals surface area contributed by atoms with Crippen molar-refractivity contribution in [2.75, 3.05) is 12.4 Å². The number of carbonyl (C=O) groups is 1. The van der Waals surface area contributed by atoms with E-state index in [4.69, 9.17) is 16.3 Å². The Kier molecular flexibility index (Phi) is 6.31. The van der Waals surface area contributed by atoms with E-state index in [0.717, 1.165) is 6.42 Å². The Morgan fingerprint density at radius 1 is 1.35 bits per heavy atom. The minimum atomic E-state index is -0.242. The predicted molar refractivity (Wildman–Crippen MR) is 95.2 cm³/mol. The van der Waals surface area contributed by atoms with E-state index in [1.165, 1.54) is 12.8 Å². The summed E-state index contributed by atoms with van der Waals surface area (Å²) in [6.07, 6.45) is 3.65. The van der Waals surface area contributed by atoms with E-state index in [1.807, 2.05) is 6.92 Å². The third-order valence-corrected chi connectivity index (χ3v) is 5.28. The zero-order valence-corrected chi connectivity index (χ0v) is 15.1. The first-order chi connectivity index (χ1) is 10.9. The number of carbonyl (C=O) groups excluding carboxylic acids is 1. The smallest absolute Gasteiger partial charge is 0.241 e. The molecule has 128 valence electrons. The molecular weight excluding hydrogens is 312 g/mol. The first-order valence-electron chi connectivity index (χ1n) is 8.32. The molecule has 1 aromatic rings. The lowest BCUT2D eigenvalue weighted by molar-refractivity contribution is -0.118. The Labute approximate surface area is 143 Å². The van der Waals surface area contributed by atoms with Crippen LogP contribution in [-0.4, -0.2) is 25.1 Å². The summed E-state index contributed by atoms with van der Waals surface area (Å²) in [5.41, 5.74) is 0.680. The number of rotatable bonds is 5. The normalized spacial score (nSPS) is 25.7. The quantitative estimate of drug-likeness (QED) is 0.850. The Bertz CT molecular complexity index is 550. The molecule has 5 heteroatoms. The molecule has 0 bridgehead atoms. The van der Waals surface area contributed by atoms with Crippen LogP contribution in [0.4, 0.5) is 5.69 Å². The molecule has 2 rings (SSSR count). The Hall–Kier alpha value is -1.26. The van der Waals surface area contributed by atoms with Gasteiger partial charge in [0.15, 0.2) is 0 Å². The van der Waals surface area contributed by atoms with Crippen LogP contribution in [0.3, 0.4) is 0 Å². The van der Waals surface area contributed by atoms with Crippen molar-refractivity contribution in [1.82, 2.24) is 5.32 Å². The number of methoxy groups -OCH3 is 1. The fourth-order valence-electron chi connectivity index (χ4n) is 3.21. The lowest BCUT2D eigenvalue weighted by Crippen LogP contribution is -2.49. The Morgan fingerprint density at radius 3 is 2.74 bits per heavy atom. The number of hydrogen-bond acceptors (Lipinski definition) is 3. The van der Waals surface area contributed by atoms with E-state index in [9.17, 15) is 4.79 Å². The molecule has 4 unspecified atom stereocenters. The summed E-state index contributed by atoms with van der Waals surface area (Å²) in [7, 11) is 1.57. The molecule has 4 nitrogen and oxygen atoms in total. The SMILES string of the molecule is COc1ccc(NC(=O)C(C)NC2CCCC(C)C2C)cc1Cl. The lowest BCUT2D eigenvalue weighted by Gasteiger charge is -2.36. The zero-order chi connectivity index (χ0) is 17.0. The van der Waals surface area contributed by atoms with Gasteiger partial charge in [0, 0.05) is 11.7 Å². The first-order valence-corrected chi connectivity index (χ1v) is 8.70. The molecule has 2 N–H and O–H groups in total. The van der Waals surface area contributed by atoms with Crippen LogP contribution >= 0.6 is 11.6 Å². The molecule has 1 saturated carbocycles. The molecule has 4 atom stereocenters. The summed E-state index contributed by atoms with van der Waals surface area (Å²) in [5.74, 6) is 1.85. The highest BCUT2D eigenvalue weighted by Gasteiger charge is 2.29. The molecule has 0 aliphatic heterocycles. The third kappa shape index (κ3) is 4.61. The number of halogens is 1. The van der Waals surface area contributed by atoms with Crippen LogP contribution in [0.25, 0.3) is 0 Å². The maximum atomic E-state index is 12.4. The Morgan fingerprint density at radius 2 is 2.09 bits per heavy atom. The molecule has 1 fully saturated rings. The van der Waals surface area contributed by atoms with Crippen molar-refractivity contribution in [2.24, 2.45) is 11.8 Å². The summed E-state index contributed by atoms with van der Waals surface area (Å²) < 4.78 is 5.12. The van der Waals surface area contributed by atoms with Gasteiger partial charge in [0.25, 0.3) is 0 Å². The number of nitrogens with one attached hydrogen (secondary N) is 2. The van der Waals surface area contributed by atoms with Gasteiger partial charge in [0.1, 0.15) is 5.75 Å². The van der Waals surface area contributed by atoms with Crippen molar-refractivity contribution in [1.29, 1.82) is 0 Å². The van der Waals surface area contributed by atoms with Gasteiger partial charge in [-0.3, -0.25) is 4.79 Å². The number of anilines is 1. The molecule has 0 saturated heterocycles. The number of amides is 1. The van der Waals surface area contributed by atoms with Gasteiger partial charge in [-0.1, -0.05) is 38.3 Å². The van der Waals surface area contributed by atoms with E-state index in [1.54, 1.807) is 25.3 Å². The van der Waals surface area contributed by atoms with Crippen molar-refractivity contribution in [3.63, 3.8) is 0 Å². The standard InChI is InChI=1S/C18H27ClN2O2/c1-11-6-5-7-16(12(11)2)20-13(3)18(22)21-14-8-9-17(23-4)15(19)10-14/h8-13,16,20H,5-7H2,1-4H3,(H,21,22). The second-order valence-corrected chi connectivity index (χ2v) is 7.01. The fourth-order valence-corrected chi connectivity index (χ4v) is 3.47. The van der Waals surface area contributed by atoms with E-state index >= 15 is 0 Å². The van der Waals surface area contributed by atoms with Gasteiger partial charge in [-0.05, 0) is 43.4 Å². The zero-order valence-electron chi connectivity index (χ0n) is 14.4. The van der Waals surface area contributed by atoms with Crippen molar-refractivity contribution >= 4 is 23.2 Å². The molecular formula is C18H27ClN2O2. The second-order valence-electron chi connectivity index (χ2n) is 6.60. The lowest BCUT2D eigenvalue weighted by atomic mass is 9.78. The molecule has 23 heavy (non-hydrogen) atoms. The molecule has 0 radical (unpaired) electrons. The average molecular weight is 339 g/mol. The van der Waals surface area contributed by atoms with Crippen molar-refractivity contribution < 1.29 is 9.53 Å². The highest BCUT2D eigenvalue weighted by Crippen LogP contribution is 2.30. The largest absolute Gasteiger partial charge is 0.495 e. The molecule has 0 heterocycles. The van der Waals surface area contributed by atoms with Gasteiger partial charge < -0.3 is 15.4 Å². The predicted octanol–water partition coefficient (Wildman–Crippen LogP) is 4.09. The molecule has 0 aromatic heterocycles. The van der Waals surface area contributed by atoms with Gasteiger partial charge in [0.05, 0.1) is 18.2 Å². The van der Waals surface area contributed by atoms with Crippen LogP contribution in [0.2, 0.25) is 5.02 Å². The van der Waals surface area contributed by atoms with E-state index in [-0.39, 0.29) is 11.9 Å². The minimum Gasteiger partial charge on any atom is -0.495 e. The number of ether oxygens (including phenoxy) is 1. The van der Waals surface area contributed by atoms with Crippen molar-refractivity contribution in [3.05, 3.63) is 23.2 Å². The fraction of sp³-hybridized carbons (Fsp3) is 0.611. The van der Waals surface area contributed by atoms with Gasteiger partial charge in [-0.2, -0.15) is 0 Å². The van der Waals surface area contributed by atoms with Crippen molar-refractivity contribution in [2.45, 2.75) is 52.1 Å². The van der Waals surface area contributed by atoms with Crippen LogP contribution in [-0.2, 0) is 4.79 Å². The van der Waals surface area contributed by atoms with E-state index in [0.29, 0.717) is 34.3 Å². The highest BCUT2D eigenvalue weighted by molar-refractivity contribution is 6.32. The topological polar surface area (TPSA) is 50.4 Å². The van der Waals surface area contributed by atoms with Gasteiger partial charge >= 0.3 is 0 Å². The van der Waals surface area contributed by atoms with Crippen molar-refractivity contribution in [3.8, 4) is 5.75 Å². The molecule has 0 spiro atoms. The summed E-state index contributed by atoms with van der Waals surface area (Å²) in [6, 6.07) is 5.41. The van der Waals surface area contributed by atoms with E-state index < -0.39 is 0 Å². The third-order valence-electron chi connectivity index (χ3n) is 4.98. The molecule has 1 aliphatic rings. The van der Waals surface area contributed by atoms with Crippen LogP contribution in [0.5, 0.6) is 5.75 Å². The molecule has 1 aliphatic carbocycles. The highest BCUT2D eigenvalue weighted by atomic mass is 35.5. The summed E-state index contributed by atoms with van der Waals surface area (Å²) >= 11 is 6.09. The number of hydrogen-bond donors (Lipinski definition) is 2. The van der Waals surface area contributed by atoms with E-state index in [2.05, 4.69) is 24.5 Å². The van der Waals surface area contributed by atoms with Crippen LogP contribution in [0.15, 0.2) is 18.2 Å². The van der Waals surface area contributed by atoms with Crippen LogP contribution < -0.4 is 15.4 Å². The summed E-state index contributed by atoms with van der Waals surface area (Å²) in [5, 5.41) is 6.88. The number of benzene rings is 1. The van der Waals surface area contributed by atoms with Crippen LogP contribution in [0.1, 0.15) is 40.0 Å². The monoisotopic (exact) mass is 338 g/mol. The van der Waals surface area contributed by atoms with Gasteiger partial charge in [-0.25, -0.2) is 0 Å². The maximum absolute atomic E-state index is 12.4. The van der Waals surface area contributed by atoms with Gasteiger partial charge in [0.2, 0.25) is 5.91 Å².